The Morgan fingerprint density at radius 3 is 1.70 bits per heavy atom. The van der Waals surface area contributed by atoms with Crippen LogP contribution >= 0.6 is 0 Å². The molecule has 0 radical (unpaired) electrons. The molecule has 0 aromatic rings. The summed E-state index contributed by atoms with van der Waals surface area (Å²) in [6.07, 6.45) is 7.95. The first-order valence-corrected chi connectivity index (χ1v) is 24.0. The molecule has 0 amide bonds. The van der Waals surface area contributed by atoms with Crippen LogP contribution < -0.4 is 0 Å². The molecule has 0 N–H and O–H groups in total. The van der Waals surface area contributed by atoms with Gasteiger partial charge in [0.05, 0.1) is 0 Å². The monoisotopic (exact) mass is 333 g/mol. The molecule has 0 bridgehead atoms. The normalized spacial score (nSPS) is 24.5. The summed E-state index contributed by atoms with van der Waals surface area (Å²) < 4.78 is 2.90. The second kappa shape index (κ2) is 2.86. The van der Waals surface area contributed by atoms with Crippen molar-refractivity contribution >= 4 is 6.66 Å². The summed E-state index contributed by atoms with van der Waals surface area (Å²) in [6, 6.07) is 0. The molecule has 0 heterocycles. The molecular formula is C17H39NSiTi. The fourth-order valence-electron chi connectivity index (χ4n) is 4.44. The molecule has 1 rings (SSSR count). The molecule has 0 atom stereocenters. The molecule has 0 spiro atoms. The van der Waals surface area contributed by atoms with Crippen molar-refractivity contribution in [1.82, 2.24) is 3.38 Å². The van der Waals surface area contributed by atoms with Crippen molar-refractivity contribution in [3.63, 3.8) is 0 Å². The van der Waals surface area contributed by atoms with E-state index in [1.54, 1.807) is 0 Å². The van der Waals surface area contributed by atoms with E-state index in [1.165, 1.54) is 5.70 Å². The molecule has 3 heteroatoms. The minimum atomic E-state index is -4.26. The van der Waals surface area contributed by atoms with Crippen LogP contribution in [-0.2, 0) is 11.0 Å². The van der Waals surface area contributed by atoms with Crippen LogP contribution in [0.1, 0.15) is 27.2 Å². The summed E-state index contributed by atoms with van der Waals surface area (Å²) in [7, 11) is -4.26. The van der Waals surface area contributed by atoms with Crippen LogP contribution in [0.2, 0.25) is 44.5 Å². The summed E-state index contributed by atoms with van der Waals surface area (Å²) in [5, 5.41) is 16.0. The Bertz CT molecular complexity index is 527. The molecule has 0 aliphatic heterocycles. The van der Waals surface area contributed by atoms with Gasteiger partial charge in [0.25, 0.3) is 0 Å². The molecule has 120 valence electrons. The minimum absolute atomic E-state index is 0.131. The first-order chi connectivity index (χ1) is 8.12. The maximum atomic E-state index is 2.90. The fraction of sp³-hybridized carbons (Fsp3) is 0.765. The van der Waals surface area contributed by atoms with Crippen LogP contribution in [0.25, 0.3) is 0 Å². The SMILES string of the molecule is C[SiH](C)[Ti]([CH3])([CH3])([CH3])([CH3])([CH3])([CH3])[N](C1=CC=CC1)C(C)(C)C. The van der Waals surface area contributed by atoms with Gasteiger partial charge in [-0.05, 0) is 0 Å². The zero-order valence-electron chi connectivity index (χ0n) is 16.0. The zero-order valence-corrected chi connectivity index (χ0v) is 18.7. The summed E-state index contributed by atoms with van der Waals surface area (Å²) in [4.78, 5) is 0. The van der Waals surface area contributed by atoms with Crippen LogP contribution in [0.3, 0.4) is 0 Å². The van der Waals surface area contributed by atoms with Gasteiger partial charge in [-0.1, -0.05) is 0 Å². The van der Waals surface area contributed by atoms with Crippen LogP contribution in [0.4, 0.5) is 0 Å². The number of nitrogens with zero attached hydrogens (tertiary/aromatic N) is 1. The van der Waals surface area contributed by atoms with Gasteiger partial charge in [0.2, 0.25) is 0 Å². The predicted octanol–water partition coefficient (Wildman–Crippen LogP) is 6.41. The molecule has 0 saturated heterocycles. The van der Waals surface area contributed by atoms with Crippen molar-refractivity contribution in [3.05, 3.63) is 23.9 Å². The molecule has 20 heavy (non-hydrogen) atoms. The van der Waals surface area contributed by atoms with Gasteiger partial charge in [-0.15, -0.1) is 0 Å². The average Bonchev–Trinajstić information content (AvgIpc) is 2.47. The predicted molar refractivity (Wildman–Crippen MR) is 97.5 cm³/mol. The molecule has 1 aliphatic rings. The van der Waals surface area contributed by atoms with Crippen LogP contribution in [0.15, 0.2) is 23.9 Å². The van der Waals surface area contributed by atoms with Gasteiger partial charge in [0.1, 0.15) is 0 Å². The Hall–Kier alpha value is 0.211. The molecule has 0 aromatic carbocycles. The number of allylic oxidation sites excluding steroid dienone is 3. The quantitative estimate of drug-likeness (QED) is 0.539. The van der Waals surface area contributed by atoms with Gasteiger partial charge in [-0.25, -0.2) is 0 Å². The van der Waals surface area contributed by atoms with Gasteiger partial charge in [-0.2, -0.15) is 0 Å². The Morgan fingerprint density at radius 1 is 1.00 bits per heavy atom. The van der Waals surface area contributed by atoms with Gasteiger partial charge >= 0.3 is 122 Å². The third-order valence-electron chi connectivity index (χ3n) is 6.90. The summed E-state index contributed by atoms with van der Waals surface area (Å²) in [5.74, 6) is 0. The molecule has 0 aromatic heterocycles. The van der Waals surface area contributed by atoms with Crippen molar-refractivity contribution < 1.29 is 11.0 Å². The molecule has 0 saturated carbocycles. The van der Waals surface area contributed by atoms with Crippen LogP contribution in [0, 0.1) is 0 Å². The maximum absolute atomic E-state index is 4.26. The average molecular weight is 333 g/mol. The zero-order chi connectivity index (χ0) is 16.4. The third-order valence-corrected chi connectivity index (χ3v) is 56.4. The van der Waals surface area contributed by atoms with E-state index >= 15 is 0 Å². The van der Waals surface area contributed by atoms with Gasteiger partial charge < -0.3 is 0 Å². The second-order valence-electron chi connectivity index (χ2n) is 15.7. The van der Waals surface area contributed by atoms with Crippen LogP contribution in [0.5, 0.6) is 0 Å². The topological polar surface area (TPSA) is 3.24 Å². The van der Waals surface area contributed by atoms with Crippen molar-refractivity contribution in [2.24, 2.45) is 0 Å². The van der Waals surface area contributed by atoms with E-state index in [0.29, 0.717) is 0 Å². The Labute approximate surface area is 122 Å². The summed E-state index contributed by atoms with van der Waals surface area (Å²) in [5.41, 5.74) is 1.64. The molecule has 1 aliphatic carbocycles. The summed E-state index contributed by atoms with van der Waals surface area (Å²) in [6.45, 7) is 11.2. The Balaban J connectivity index is 3.91. The first-order valence-electron chi connectivity index (χ1n) is 8.33. The molecule has 0 fully saturated rings. The van der Waals surface area contributed by atoms with E-state index in [-0.39, 0.29) is 5.54 Å². The van der Waals surface area contributed by atoms with Crippen molar-refractivity contribution in [2.45, 2.75) is 77.2 Å². The van der Waals surface area contributed by atoms with Crippen LogP contribution in [-0.4, -0.2) is 15.6 Å². The van der Waals surface area contributed by atoms with Gasteiger partial charge in [0, 0.05) is 0 Å². The number of hydrogen-bond donors (Lipinski definition) is 0. The van der Waals surface area contributed by atoms with Crippen molar-refractivity contribution in [2.75, 3.05) is 0 Å². The van der Waals surface area contributed by atoms with E-state index in [4.69, 9.17) is 0 Å². The van der Waals surface area contributed by atoms with Crippen molar-refractivity contribution in [1.29, 1.82) is 0 Å². The summed E-state index contributed by atoms with van der Waals surface area (Å²) >= 11 is 0. The van der Waals surface area contributed by atoms with Gasteiger partial charge in [0.15, 0.2) is 0 Å². The Morgan fingerprint density at radius 2 is 1.45 bits per heavy atom. The van der Waals surface area contributed by atoms with E-state index in [1.807, 2.05) is 0 Å². The van der Waals surface area contributed by atoms with E-state index < -0.39 is 17.6 Å². The third kappa shape index (κ3) is 2.64. The second-order valence-corrected chi connectivity index (χ2v) is 72.8. The van der Waals surface area contributed by atoms with E-state index in [0.717, 1.165) is 6.42 Å². The number of rotatable bonds is 3. The van der Waals surface area contributed by atoms with Crippen molar-refractivity contribution in [3.8, 4) is 0 Å². The van der Waals surface area contributed by atoms with E-state index in [2.05, 4.69) is 86.8 Å². The molecule has 1 nitrogen and oxygen atoms in total. The molecule has 0 unspecified atom stereocenters. The Kier molecular flexibility index (Phi) is 2.61. The number of hydrogen-bond acceptors (Lipinski definition) is 1. The van der Waals surface area contributed by atoms with E-state index in [9.17, 15) is 0 Å². The van der Waals surface area contributed by atoms with Gasteiger partial charge in [-0.3, -0.25) is 0 Å². The molecular weight excluding hydrogens is 294 g/mol. The standard InChI is InChI=1S/C9H14N.C2H7Si.6CH3.Ti/c1-9(2,3)10-8-6-4-5-7-8;1-3-2;;;;;;;/h4-6H,7H2,1-3H3;3H,1-2H3;6*1H3;/q-1;;;;;;;;+1. The fourth-order valence-corrected chi connectivity index (χ4v) is 19.8. The first kappa shape index (κ1) is 18.3.